The van der Waals surface area contributed by atoms with E-state index in [1.165, 1.54) is 0 Å². The van der Waals surface area contributed by atoms with Crippen molar-refractivity contribution in [3.63, 3.8) is 0 Å². The molecule has 0 saturated carbocycles. The van der Waals surface area contributed by atoms with Gasteiger partial charge in [0.25, 0.3) is 0 Å². The van der Waals surface area contributed by atoms with Gasteiger partial charge in [-0.2, -0.15) is 0 Å². The molecule has 140 valence electrons. The van der Waals surface area contributed by atoms with Gasteiger partial charge in [-0.25, -0.2) is 4.79 Å². The highest BCUT2D eigenvalue weighted by atomic mass is 79.9. The largest absolute Gasteiger partial charge is 0.496 e. The number of methoxy groups -OCH3 is 2. The van der Waals surface area contributed by atoms with E-state index in [1.807, 2.05) is 30.3 Å². The van der Waals surface area contributed by atoms with Crippen LogP contribution in [0.15, 0.2) is 54.0 Å². The molecule has 0 N–H and O–H groups in total. The van der Waals surface area contributed by atoms with Gasteiger partial charge in [0.2, 0.25) is 0 Å². The third-order valence-electron chi connectivity index (χ3n) is 3.81. The summed E-state index contributed by atoms with van der Waals surface area (Å²) in [6.45, 7) is 0. The molecule has 0 saturated heterocycles. The molecule has 1 heterocycles. The molecule has 0 amide bonds. The summed E-state index contributed by atoms with van der Waals surface area (Å²) in [5, 5.41) is 0. The van der Waals surface area contributed by atoms with Crippen LogP contribution >= 0.6 is 63.7 Å². The average molecular weight is 624 g/mol. The van der Waals surface area contributed by atoms with Crippen molar-refractivity contribution in [3.8, 4) is 11.5 Å². The minimum absolute atomic E-state index is 0.373. The number of carbonyl (C=O) groups excluding carboxylic acids is 1. The van der Waals surface area contributed by atoms with E-state index in [9.17, 15) is 4.79 Å². The van der Waals surface area contributed by atoms with E-state index in [1.54, 1.807) is 20.3 Å². The maximum atomic E-state index is 12.2. The fourth-order valence-electron chi connectivity index (χ4n) is 2.61. The van der Waals surface area contributed by atoms with Gasteiger partial charge < -0.3 is 14.2 Å². The third kappa shape index (κ3) is 4.18. The first-order valence-electron chi connectivity index (χ1n) is 7.56. The van der Waals surface area contributed by atoms with Gasteiger partial charge in [-0.1, -0.05) is 6.07 Å². The Bertz CT molecular complexity index is 972. The van der Waals surface area contributed by atoms with Crippen molar-refractivity contribution in [2.45, 2.75) is 0 Å². The second-order valence-corrected chi connectivity index (χ2v) is 8.81. The summed E-state index contributed by atoms with van der Waals surface area (Å²) in [5.41, 5.74) is 2.33. The van der Waals surface area contributed by atoms with Crippen LogP contribution in [0.1, 0.15) is 11.1 Å². The summed E-state index contributed by atoms with van der Waals surface area (Å²) in [5.74, 6) is 1.41. The second kappa shape index (κ2) is 8.51. The highest BCUT2D eigenvalue weighted by Crippen LogP contribution is 2.41. The molecule has 0 atom stereocenters. The number of ether oxygens (including phenoxy) is 3. The molecule has 2 aromatic rings. The molecule has 8 heteroatoms. The smallest absolute Gasteiger partial charge is 0.351 e. The van der Waals surface area contributed by atoms with Crippen LogP contribution in [-0.2, 0) is 9.53 Å². The SMILES string of the molecule is COc1ccc(C2=C(Br)C(=O)O/C2=C\c2cc(Br)c(OC)c(Br)c2)cc1Br. The number of rotatable bonds is 4. The predicted octanol–water partition coefficient (Wildman–Crippen LogP) is 6.70. The van der Waals surface area contributed by atoms with Crippen molar-refractivity contribution < 1.29 is 19.0 Å². The lowest BCUT2D eigenvalue weighted by Crippen LogP contribution is -1.94. The van der Waals surface area contributed by atoms with E-state index in [-0.39, 0.29) is 0 Å². The molecule has 0 bridgehead atoms. The number of allylic oxidation sites excluding steroid dienone is 1. The fourth-order valence-corrected chi connectivity index (χ4v) is 5.20. The van der Waals surface area contributed by atoms with Crippen LogP contribution in [0.4, 0.5) is 0 Å². The minimum Gasteiger partial charge on any atom is -0.496 e. The molecule has 0 aromatic heterocycles. The summed E-state index contributed by atoms with van der Waals surface area (Å²) in [4.78, 5) is 12.2. The van der Waals surface area contributed by atoms with Crippen LogP contribution in [0, 0.1) is 0 Å². The van der Waals surface area contributed by atoms with Crippen LogP contribution in [0.3, 0.4) is 0 Å². The maximum absolute atomic E-state index is 12.2. The van der Waals surface area contributed by atoms with E-state index in [0.717, 1.165) is 24.5 Å². The Hall–Kier alpha value is -1.09. The summed E-state index contributed by atoms with van der Waals surface area (Å²) < 4.78 is 18.8. The number of hydrogen-bond donors (Lipinski definition) is 0. The lowest BCUT2D eigenvalue weighted by atomic mass is 10.0. The van der Waals surface area contributed by atoms with Gasteiger partial charge in [0.1, 0.15) is 21.7 Å². The van der Waals surface area contributed by atoms with E-state index in [0.29, 0.717) is 27.3 Å². The maximum Gasteiger partial charge on any atom is 0.351 e. The molecule has 0 unspecified atom stereocenters. The van der Waals surface area contributed by atoms with E-state index < -0.39 is 5.97 Å². The molecule has 0 radical (unpaired) electrons. The van der Waals surface area contributed by atoms with Gasteiger partial charge in [0.15, 0.2) is 0 Å². The summed E-state index contributed by atoms with van der Waals surface area (Å²) in [6, 6.07) is 9.35. The Labute approximate surface area is 190 Å². The van der Waals surface area contributed by atoms with Crippen molar-refractivity contribution in [1.29, 1.82) is 0 Å². The first kappa shape index (κ1) is 20.6. The molecular weight excluding hydrogens is 612 g/mol. The normalized spacial score (nSPS) is 15.3. The zero-order valence-corrected chi connectivity index (χ0v) is 20.5. The predicted molar refractivity (Wildman–Crippen MR) is 119 cm³/mol. The zero-order chi connectivity index (χ0) is 19.7. The van der Waals surface area contributed by atoms with Gasteiger partial charge in [0, 0.05) is 5.57 Å². The zero-order valence-electron chi connectivity index (χ0n) is 14.1. The molecule has 2 aromatic carbocycles. The van der Waals surface area contributed by atoms with Crippen LogP contribution in [-0.4, -0.2) is 20.2 Å². The van der Waals surface area contributed by atoms with E-state index >= 15 is 0 Å². The molecular formula is C19H12Br4O4. The number of benzene rings is 2. The van der Waals surface area contributed by atoms with Crippen LogP contribution < -0.4 is 9.47 Å². The number of cyclic esters (lactones) is 1. The molecule has 27 heavy (non-hydrogen) atoms. The van der Waals surface area contributed by atoms with Crippen LogP contribution in [0.5, 0.6) is 11.5 Å². The lowest BCUT2D eigenvalue weighted by molar-refractivity contribution is -0.132. The molecule has 3 rings (SSSR count). The summed E-state index contributed by atoms with van der Waals surface area (Å²) >= 11 is 13.8. The van der Waals surface area contributed by atoms with Crippen molar-refractivity contribution in [2.24, 2.45) is 0 Å². The molecule has 0 aliphatic carbocycles. The van der Waals surface area contributed by atoms with Crippen molar-refractivity contribution in [2.75, 3.05) is 14.2 Å². The van der Waals surface area contributed by atoms with E-state index in [4.69, 9.17) is 14.2 Å². The number of carbonyl (C=O) groups is 1. The van der Waals surface area contributed by atoms with Gasteiger partial charge in [0.05, 0.1) is 27.6 Å². The summed E-state index contributed by atoms with van der Waals surface area (Å²) in [6.07, 6.45) is 1.80. The standard InChI is InChI=1S/C19H12Br4O4/c1-25-14-4-3-10(8-11(14)20)16-15(27-19(24)17(16)23)7-9-5-12(21)18(26-2)13(22)6-9/h3-8H,1-2H3/b15-7-. The Morgan fingerprint density at radius 2 is 1.59 bits per heavy atom. The van der Waals surface area contributed by atoms with Crippen molar-refractivity contribution >= 4 is 81.3 Å². The molecule has 0 spiro atoms. The minimum atomic E-state index is -0.435. The van der Waals surface area contributed by atoms with Gasteiger partial charge in [-0.3, -0.25) is 0 Å². The monoisotopic (exact) mass is 620 g/mol. The first-order chi connectivity index (χ1) is 12.8. The van der Waals surface area contributed by atoms with Gasteiger partial charge in [-0.15, -0.1) is 0 Å². The van der Waals surface area contributed by atoms with Crippen LogP contribution in [0.2, 0.25) is 0 Å². The van der Waals surface area contributed by atoms with Crippen LogP contribution in [0.25, 0.3) is 11.6 Å². The first-order valence-corrected chi connectivity index (χ1v) is 10.7. The molecule has 0 fully saturated rings. The highest BCUT2D eigenvalue weighted by molar-refractivity contribution is 9.12. The fraction of sp³-hybridized carbons (Fsp3) is 0.105. The van der Waals surface area contributed by atoms with Crippen molar-refractivity contribution in [1.82, 2.24) is 0 Å². The van der Waals surface area contributed by atoms with Gasteiger partial charge in [-0.05, 0) is 105 Å². The molecule has 1 aliphatic rings. The average Bonchev–Trinajstić information content (AvgIpc) is 2.88. The Morgan fingerprint density at radius 3 is 2.15 bits per heavy atom. The Kier molecular flexibility index (Phi) is 6.50. The van der Waals surface area contributed by atoms with Crippen molar-refractivity contribution in [3.05, 3.63) is 65.1 Å². The third-order valence-corrected chi connectivity index (χ3v) is 6.33. The number of halogens is 4. The Morgan fingerprint density at radius 1 is 0.926 bits per heavy atom. The van der Waals surface area contributed by atoms with Gasteiger partial charge >= 0.3 is 5.97 Å². The Balaban J connectivity index is 2.09. The number of hydrogen-bond acceptors (Lipinski definition) is 4. The quantitative estimate of drug-likeness (QED) is 0.356. The van der Waals surface area contributed by atoms with E-state index in [2.05, 4.69) is 63.7 Å². The molecule has 4 nitrogen and oxygen atoms in total. The lowest BCUT2D eigenvalue weighted by Gasteiger charge is -2.10. The highest BCUT2D eigenvalue weighted by Gasteiger charge is 2.29. The number of esters is 1. The summed E-state index contributed by atoms with van der Waals surface area (Å²) in [7, 11) is 3.20. The molecule has 1 aliphatic heterocycles. The topological polar surface area (TPSA) is 44.8 Å². The second-order valence-electron chi connectivity index (χ2n) is 5.45.